The molecule has 2 aromatic carbocycles. The van der Waals surface area contributed by atoms with Crippen LogP contribution in [0.4, 0.5) is 11.4 Å². The number of benzene rings is 2. The quantitative estimate of drug-likeness (QED) is 0.870. The zero-order valence-electron chi connectivity index (χ0n) is 14.1. The lowest BCUT2D eigenvalue weighted by molar-refractivity contribution is -0.123. The molecule has 0 bridgehead atoms. The van der Waals surface area contributed by atoms with Gasteiger partial charge >= 0.3 is 0 Å². The molecule has 0 spiro atoms. The Kier molecular flexibility index (Phi) is 4.38. The van der Waals surface area contributed by atoms with Crippen molar-refractivity contribution in [2.24, 2.45) is 4.99 Å². The van der Waals surface area contributed by atoms with Crippen LogP contribution in [0.2, 0.25) is 0 Å². The molecule has 2 atom stereocenters. The van der Waals surface area contributed by atoms with Crippen LogP contribution in [0, 0.1) is 0 Å². The topological polar surface area (TPSA) is 79.8 Å². The minimum atomic E-state index is -0.545. The lowest BCUT2D eigenvalue weighted by Crippen LogP contribution is -2.31. The van der Waals surface area contributed by atoms with E-state index < -0.39 is 11.2 Å². The molecule has 2 heterocycles. The van der Waals surface area contributed by atoms with Gasteiger partial charge in [-0.1, -0.05) is 42.1 Å². The van der Waals surface area contributed by atoms with E-state index in [9.17, 15) is 9.59 Å². The zero-order valence-corrected chi connectivity index (χ0v) is 14.9. The second-order valence-electron chi connectivity index (χ2n) is 5.90. The van der Waals surface area contributed by atoms with Crippen LogP contribution >= 0.6 is 11.8 Å². The normalized spacial score (nSPS) is 22.9. The maximum absolute atomic E-state index is 12.5. The number of hydrogen-bond acceptors (Lipinski definition) is 5. The van der Waals surface area contributed by atoms with Gasteiger partial charge in [-0.15, -0.1) is 0 Å². The van der Waals surface area contributed by atoms with Gasteiger partial charge in [0.05, 0.1) is 12.5 Å². The highest BCUT2D eigenvalue weighted by molar-refractivity contribution is 8.15. The molecule has 1 fully saturated rings. The van der Waals surface area contributed by atoms with Crippen LogP contribution in [0.15, 0.2) is 53.5 Å². The summed E-state index contributed by atoms with van der Waals surface area (Å²) in [5.41, 5.74) is 2.26. The monoisotopic (exact) mass is 367 g/mol. The third-order valence-electron chi connectivity index (χ3n) is 4.25. The summed E-state index contributed by atoms with van der Waals surface area (Å²) >= 11 is 1.28. The molecule has 0 unspecified atom stereocenters. The molecule has 6 nitrogen and oxygen atoms in total. The third-order valence-corrected chi connectivity index (χ3v) is 5.41. The summed E-state index contributed by atoms with van der Waals surface area (Å²) in [4.78, 5) is 29.4. The summed E-state index contributed by atoms with van der Waals surface area (Å²) in [5, 5.41) is 5.56. The van der Waals surface area contributed by atoms with Crippen molar-refractivity contribution in [1.29, 1.82) is 0 Å². The fraction of sp³-hybridized carbons (Fsp3) is 0.211. The lowest BCUT2D eigenvalue weighted by atomic mass is 9.96. The van der Waals surface area contributed by atoms with Crippen molar-refractivity contribution in [2.75, 3.05) is 11.9 Å². The second-order valence-corrected chi connectivity index (χ2v) is 7.03. The van der Waals surface area contributed by atoms with Gasteiger partial charge in [-0.3, -0.25) is 9.59 Å². The lowest BCUT2D eigenvalue weighted by Gasteiger charge is -2.12. The molecule has 2 aromatic rings. The predicted octanol–water partition coefficient (Wildman–Crippen LogP) is 3.04. The molecule has 26 heavy (non-hydrogen) atoms. The number of thioether (sulfide) groups is 1. The SMILES string of the molecule is CCOc1ccccc1N=C1NC(=O)[C@@H]([C@@H]2C(=O)Nc3ccccc32)S1. The average molecular weight is 367 g/mol. The van der Waals surface area contributed by atoms with Crippen molar-refractivity contribution in [2.45, 2.75) is 18.1 Å². The number of nitrogens with zero attached hydrogens (tertiary/aromatic N) is 1. The fourth-order valence-corrected chi connectivity index (χ4v) is 4.25. The van der Waals surface area contributed by atoms with Crippen LogP contribution in [-0.2, 0) is 9.59 Å². The van der Waals surface area contributed by atoms with E-state index in [0.29, 0.717) is 23.2 Å². The molecule has 2 N–H and O–H groups in total. The number of amidine groups is 1. The number of ether oxygens (including phenoxy) is 1. The minimum absolute atomic E-state index is 0.158. The van der Waals surface area contributed by atoms with Gasteiger partial charge in [-0.05, 0) is 30.7 Å². The number of amides is 2. The Morgan fingerprint density at radius 2 is 1.81 bits per heavy atom. The number of aliphatic imine (C=N–C) groups is 1. The predicted molar refractivity (Wildman–Crippen MR) is 102 cm³/mol. The maximum Gasteiger partial charge on any atom is 0.240 e. The van der Waals surface area contributed by atoms with E-state index >= 15 is 0 Å². The summed E-state index contributed by atoms with van der Waals surface area (Å²) in [5.74, 6) is -0.231. The van der Waals surface area contributed by atoms with Gasteiger partial charge in [0, 0.05) is 5.69 Å². The fourth-order valence-electron chi connectivity index (χ4n) is 3.12. The van der Waals surface area contributed by atoms with E-state index in [1.54, 1.807) is 0 Å². The van der Waals surface area contributed by atoms with Crippen LogP contribution in [0.1, 0.15) is 18.4 Å². The number of hydrogen-bond donors (Lipinski definition) is 2. The summed E-state index contributed by atoms with van der Waals surface area (Å²) in [6.07, 6.45) is 0. The van der Waals surface area contributed by atoms with Crippen molar-refractivity contribution in [1.82, 2.24) is 5.32 Å². The molecule has 1 saturated heterocycles. The molecule has 2 aliphatic rings. The van der Waals surface area contributed by atoms with E-state index in [0.717, 1.165) is 11.3 Å². The summed E-state index contributed by atoms with van der Waals surface area (Å²) < 4.78 is 5.57. The summed E-state index contributed by atoms with van der Waals surface area (Å²) in [7, 11) is 0. The van der Waals surface area contributed by atoms with E-state index in [-0.39, 0.29) is 11.8 Å². The van der Waals surface area contributed by atoms with E-state index in [4.69, 9.17) is 4.74 Å². The van der Waals surface area contributed by atoms with Crippen LogP contribution in [0.25, 0.3) is 0 Å². The molecule has 2 aliphatic heterocycles. The first-order valence-electron chi connectivity index (χ1n) is 8.35. The first-order chi connectivity index (χ1) is 12.7. The summed E-state index contributed by atoms with van der Waals surface area (Å²) in [6.45, 7) is 2.44. The number of carbonyl (C=O) groups excluding carboxylic acids is 2. The molecule has 0 aromatic heterocycles. The largest absolute Gasteiger partial charge is 0.492 e. The molecule has 4 rings (SSSR count). The van der Waals surface area contributed by atoms with Crippen LogP contribution < -0.4 is 15.4 Å². The van der Waals surface area contributed by atoms with Crippen molar-refractivity contribution in [3.05, 3.63) is 54.1 Å². The van der Waals surface area contributed by atoms with Crippen molar-refractivity contribution in [3.63, 3.8) is 0 Å². The van der Waals surface area contributed by atoms with E-state index in [2.05, 4.69) is 15.6 Å². The van der Waals surface area contributed by atoms with Crippen LogP contribution in [0.3, 0.4) is 0 Å². The van der Waals surface area contributed by atoms with Crippen molar-refractivity contribution in [3.8, 4) is 5.75 Å². The number of fused-ring (bicyclic) bond motifs is 1. The number of anilines is 1. The Labute approximate surface area is 155 Å². The average Bonchev–Trinajstić information content (AvgIpc) is 3.15. The zero-order chi connectivity index (χ0) is 18.1. The highest BCUT2D eigenvalue weighted by Crippen LogP contribution is 2.41. The smallest absolute Gasteiger partial charge is 0.240 e. The highest BCUT2D eigenvalue weighted by Gasteiger charge is 2.45. The molecule has 0 saturated carbocycles. The Hall–Kier alpha value is -2.80. The molecule has 7 heteroatoms. The first-order valence-corrected chi connectivity index (χ1v) is 9.23. The number of para-hydroxylation sites is 3. The van der Waals surface area contributed by atoms with Gasteiger partial charge < -0.3 is 15.4 Å². The third kappa shape index (κ3) is 2.94. The number of nitrogens with one attached hydrogen (secondary N) is 2. The molecule has 132 valence electrons. The maximum atomic E-state index is 12.5. The van der Waals surface area contributed by atoms with E-state index in [1.807, 2.05) is 55.5 Å². The highest BCUT2D eigenvalue weighted by atomic mass is 32.2. The van der Waals surface area contributed by atoms with E-state index in [1.165, 1.54) is 11.8 Å². The Balaban J connectivity index is 1.61. The molecular weight excluding hydrogens is 350 g/mol. The van der Waals surface area contributed by atoms with Gasteiger partial charge in [-0.2, -0.15) is 0 Å². The second kappa shape index (κ2) is 6.84. The number of rotatable bonds is 4. The minimum Gasteiger partial charge on any atom is -0.492 e. The molecular formula is C19H17N3O3S. The molecule has 0 aliphatic carbocycles. The van der Waals surface area contributed by atoms with Crippen LogP contribution in [0.5, 0.6) is 5.75 Å². The Morgan fingerprint density at radius 1 is 1.04 bits per heavy atom. The Bertz CT molecular complexity index is 912. The standard InChI is InChI=1S/C19H17N3O3S/c1-2-25-14-10-6-5-9-13(14)21-19-22-18(24)16(26-19)15-11-7-3-4-8-12(11)20-17(15)23/h3-10,15-16H,2H2,1H3,(H,20,23)(H,21,22,24)/t15-,16-/m1/s1. The molecule has 0 radical (unpaired) electrons. The Morgan fingerprint density at radius 3 is 2.65 bits per heavy atom. The van der Waals surface area contributed by atoms with Gasteiger partial charge in [0.2, 0.25) is 11.8 Å². The molecule has 2 amide bonds. The summed E-state index contributed by atoms with van der Waals surface area (Å²) in [6, 6.07) is 14.9. The first kappa shape index (κ1) is 16.7. The van der Waals surface area contributed by atoms with Crippen LogP contribution in [-0.4, -0.2) is 28.8 Å². The van der Waals surface area contributed by atoms with Gasteiger partial charge in [0.1, 0.15) is 16.7 Å². The number of carbonyl (C=O) groups is 2. The van der Waals surface area contributed by atoms with Crippen molar-refractivity contribution < 1.29 is 14.3 Å². The van der Waals surface area contributed by atoms with Gasteiger partial charge in [0.15, 0.2) is 5.17 Å². The van der Waals surface area contributed by atoms with Gasteiger partial charge in [-0.25, -0.2) is 4.99 Å². The van der Waals surface area contributed by atoms with Crippen molar-refractivity contribution >= 4 is 40.1 Å². The van der Waals surface area contributed by atoms with Gasteiger partial charge in [0.25, 0.3) is 0 Å².